The number of nitrogens with zero attached hydrogens (tertiary/aromatic N) is 2. The van der Waals surface area contributed by atoms with Gasteiger partial charge in [-0.05, 0) is 36.8 Å². The molecule has 0 spiro atoms. The van der Waals surface area contributed by atoms with E-state index < -0.39 is 17.7 Å². The highest BCUT2D eigenvalue weighted by atomic mass is 32.1. The van der Waals surface area contributed by atoms with Crippen LogP contribution in [0.25, 0.3) is 16.0 Å². The Balaban J connectivity index is 1.73. The van der Waals surface area contributed by atoms with Crippen LogP contribution in [0.15, 0.2) is 78.4 Å². The van der Waals surface area contributed by atoms with E-state index in [0.717, 1.165) is 15.8 Å². The minimum Gasteiger partial charge on any atom is -0.508 e. The maximum atomic E-state index is 13.2. The first-order valence-electron chi connectivity index (χ1n) is 9.96. The first-order chi connectivity index (χ1) is 15.4. The van der Waals surface area contributed by atoms with Crippen LogP contribution < -0.4 is 4.90 Å². The van der Waals surface area contributed by atoms with Gasteiger partial charge in [-0.1, -0.05) is 65.4 Å². The summed E-state index contributed by atoms with van der Waals surface area (Å²) in [5, 5.41) is 21.2. The summed E-state index contributed by atoms with van der Waals surface area (Å²) in [6.45, 7) is 1.92. The van der Waals surface area contributed by atoms with Crippen LogP contribution in [0.3, 0.4) is 0 Å². The number of carbonyl (C=O) groups is 2. The second-order valence-corrected chi connectivity index (χ2v) is 8.60. The second-order valence-electron chi connectivity index (χ2n) is 7.59. The molecule has 1 atom stereocenters. The molecule has 1 aliphatic heterocycles. The summed E-state index contributed by atoms with van der Waals surface area (Å²) in [5.41, 5.74) is 2.74. The molecule has 7 heteroatoms. The lowest BCUT2D eigenvalue weighted by Gasteiger charge is -2.23. The van der Waals surface area contributed by atoms with Gasteiger partial charge in [0, 0.05) is 5.56 Å². The Bertz CT molecular complexity index is 1350. The molecular formula is C25H18N2O4S. The molecule has 1 amide bonds. The van der Waals surface area contributed by atoms with Gasteiger partial charge in [0.15, 0.2) is 5.13 Å². The lowest BCUT2D eigenvalue weighted by atomic mass is 9.95. The van der Waals surface area contributed by atoms with Crippen LogP contribution in [0.2, 0.25) is 0 Å². The number of phenolic OH excluding ortho intramolecular Hbond substituents is 1. The number of amides is 1. The third-order valence-electron chi connectivity index (χ3n) is 5.47. The molecule has 1 fully saturated rings. The van der Waals surface area contributed by atoms with Gasteiger partial charge >= 0.3 is 5.91 Å². The normalized spacial score (nSPS) is 17.9. The molecule has 0 aliphatic carbocycles. The number of ketones is 1. The van der Waals surface area contributed by atoms with E-state index in [0.29, 0.717) is 16.3 Å². The summed E-state index contributed by atoms with van der Waals surface area (Å²) in [6.07, 6.45) is 0. The van der Waals surface area contributed by atoms with E-state index >= 15 is 0 Å². The summed E-state index contributed by atoms with van der Waals surface area (Å²) in [5.74, 6) is -1.72. The highest BCUT2D eigenvalue weighted by Crippen LogP contribution is 2.44. The summed E-state index contributed by atoms with van der Waals surface area (Å²) in [6, 6.07) is 19.9. The van der Waals surface area contributed by atoms with E-state index in [2.05, 4.69) is 4.98 Å². The van der Waals surface area contributed by atoms with E-state index in [-0.39, 0.29) is 17.1 Å². The predicted molar refractivity (Wildman–Crippen MR) is 124 cm³/mol. The molecule has 158 valence electrons. The Labute approximate surface area is 187 Å². The maximum absolute atomic E-state index is 13.2. The number of aryl methyl sites for hydroxylation is 1. The van der Waals surface area contributed by atoms with Crippen LogP contribution in [0, 0.1) is 6.92 Å². The zero-order valence-electron chi connectivity index (χ0n) is 17.0. The fourth-order valence-electron chi connectivity index (χ4n) is 3.83. The van der Waals surface area contributed by atoms with Crippen LogP contribution in [-0.4, -0.2) is 26.9 Å². The number of Topliss-reactive ketones (excluding diaryl/α,β-unsaturated/α-hetero) is 1. The van der Waals surface area contributed by atoms with Crippen LogP contribution in [0.1, 0.15) is 22.7 Å². The van der Waals surface area contributed by atoms with E-state index in [4.69, 9.17) is 0 Å². The van der Waals surface area contributed by atoms with Crippen molar-refractivity contribution in [2.45, 2.75) is 13.0 Å². The summed E-state index contributed by atoms with van der Waals surface area (Å²) in [7, 11) is 0. The Morgan fingerprint density at radius 2 is 1.66 bits per heavy atom. The molecule has 1 saturated heterocycles. The predicted octanol–water partition coefficient (Wildman–Crippen LogP) is 4.94. The molecule has 32 heavy (non-hydrogen) atoms. The van der Waals surface area contributed by atoms with Crippen molar-refractivity contribution >= 4 is 44.1 Å². The number of hydrogen-bond acceptors (Lipinski definition) is 6. The minimum absolute atomic E-state index is 0.0104. The number of hydrogen-bond donors (Lipinski definition) is 2. The number of aliphatic hydroxyl groups excluding tert-OH is 1. The highest BCUT2D eigenvalue weighted by molar-refractivity contribution is 7.22. The van der Waals surface area contributed by atoms with Crippen LogP contribution >= 0.6 is 11.3 Å². The van der Waals surface area contributed by atoms with Gasteiger partial charge in [-0.3, -0.25) is 14.5 Å². The van der Waals surface area contributed by atoms with Gasteiger partial charge in [0.1, 0.15) is 11.5 Å². The molecular weight excluding hydrogens is 424 g/mol. The van der Waals surface area contributed by atoms with E-state index in [1.54, 1.807) is 24.3 Å². The molecule has 0 saturated carbocycles. The Morgan fingerprint density at radius 1 is 0.969 bits per heavy atom. The Hall–Kier alpha value is -3.97. The fraction of sp³-hybridized carbons (Fsp3) is 0.0800. The topological polar surface area (TPSA) is 90.7 Å². The molecule has 2 N–H and O–H groups in total. The van der Waals surface area contributed by atoms with Crippen molar-refractivity contribution in [1.82, 2.24) is 4.98 Å². The Morgan fingerprint density at radius 3 is 2.34 bits per heavy atom. The number of aliphatic hydroxyl groups is 1. The number of aromatic hydroxyl groups is 1. The molecule has 0 bridgehead atoms. The quantitative estimate of drug-likeness (QED) is 0.267. The highest BCUT2D eigenvalue weighted by Gasteiger charge is 2.48. The van der Waals surface area contributed by atoms with Crippen LogP contribution in [-0.2, 0) is 9.59 Å². The van der Waals surface area contributed by atoms with E-state index in [1.165, 1.54) is 28.4 Å². The number of para-hydroxylation sites is 1. The maximum Gasteiger partial charge on any atom is 0.301 e. The molecule has 3 aromatic carbocycles. The van der Waals surface area contributed by atoms with Gasteiger partial charge < -0.3 is 10.2 Å². The number of fused-ring (bicyclic) bond motifs is 1. The number of benzene rings is 3. The lowest BCUT2D eigenvalue weighted by Crippen LogP contribution is -2.29. The first-order valence-corrected chi connectivity index (χ1v) is 10.8. The average molecular weight is 442 g/mol. The zero-order valence-corrected chi connectivity index (χ0v) is 17.8. The fourth-order valence-corrected chi connectivity index (χ4v) is 4.82. The monoisotopic (exact) mass is 442 g/mol. The number of rotatable bonds is 3. The van der Waals surface area contributed by atoms with Crippen LogP contribution in [0.4, 0.5) is 5.13 Å². The van der Waals surface area contributed by atoms with E-state index in [9.17, 15) is 19.8 Å². The summed E-state index contributed by atoms with van der Waals surface area (Å²) >= 11 is 1.30. The average Bonchev–Trinajstić information content (AvgIpc) is 3.33. The number of thiazole rings is 1. The van der Waals surface area contributed by atoms with Gasteiger partial charge in [-0.15, -0.1) is 0 Å². The first kappa shape index (κ1) is 20.0. The van der Waals surface area contributed by atoms with Gasteiger partial charge in [-0.25, -0.2) is 4.98 Å². The molecule has 4 aromatic rings. The van der Waals surface area contributed by atoms with Crippen molar-refractivity contribution in [3.63, 3.8) is 0 Å². The molecule has 2 heterocycles. The van der Waals surface area contributed by atoms with Crippen LogP contribution in [0.5, 0.6) is 5.75 Å². The third kappa shape index (κ3) is 3.23. The molecule has 0 radical (unpaired) electrons. The molecule has 1 aliphatic rings. The van der Waals surface area contributed by atoms with Crippen molar-refractivity contribution in [2.75, 3.05) is 4.90 Å². The van der Waals surface area contributed by atoms with Crippen molar-refractivity contribution in [3.8, 4) is 5.75 Å². The lowest BCUT2D eigenvalue weighted by molar-refractivity contribution is -0.132. The van der Waals surface area contributed by atoms with Gasteiger partial charge in [0.25, 0.3) is 5.78 Å². The molecule has 1 aromatic heterocycles. The minimum atomic E-state index is -0.877. The van der Waals surface area contributed by atoms with Gasteiger partial charge in [0.05, 0.1) is 21.8 Å². The number of phenols is 1. The molecule has 5 rings (SSSR count). The number of aromatic nitrogens is 1. The van der Waals surface area contributed by atoms with E-state index in [1.807, 2.05) is 43.3 Å². The van der Waals surface area contributed by atoms with Gasteiger partial charge in [0.2, 0.25) is 0 Å². The number of carbonyl (C=O) groups excluding carboxylic acids is 2. The van der Waals surface area contributed by atoms with Crippen molar-refractivity contribution in [2.24, 2.45) is 0 Å². The largest absolute Gasteiger partial charge is 0.508 e. The molecule has 6 nitrogen and oxygen atoms in total. The van der Waals surface area contributed by atoms with Crippen molar-refractivity contribution < 1.29 is 19.8 Å². The smallest absolute Gasteiger partial charge is 0.301 e. The Kier molecular flexibility index (Phi) is 4.75. The van der Waals surface area contributed by atoms with Crippen molar-refractivity contribution in [3.05, 3.63) is 95.1 Å². The summed E-state index contributed by atoms with van der Waals surface area (Å²) < 4.78 is 0.882. The standard InChI is InChI=1S/C25H18N2O4S/c1-14-6-8-16(9-7-14)22(29)20-21(15-10-12-17(28)13-11-15)27(24(31)23(20)30)25-26-18-4-2-3-5-19(18)32-25/h2-13,21,28-29H,1H3/b22-20+. The van der Waals surface area contributed by atoms with Gasteiger partial charge in [-0.2, -0.15) is 0 Å². The third-order valence-corrected chi connectivity index (χ3v) is 6.50. The zero-order chi connectivity index (χ0) is 22.4. The second kappa shape index (κ2) is 7.62. The molecule has 1 unspecified atom stereocenters. The summed E-state index contributed by atoms with van der Waals surface area (Å²) in [4.78, 5) is 32.2. The SMILES string of the molecule is Cc1ccc(/C(O)=C2\C(=O)C(=O)N(c3nc4ccccc4s3)C2c2ccc(O)cc2)cc1. The van der Waals surface area contributed by atoms with Crippen molar-refractivity contribution in [1.29, 1.82) is 0 Å². The number of anilines is 1.